The fraction of sp³-hybridized carbons (Fsp3) is 0.0244. The molecule has 8 rings (SSSR count). The molecule has 0 spiro atoms. The predicted molar refractivity (Wildman–Crippen MR) is 188 cm³/mol. The highest BCUT2D eigenvalue weighted by atomic mass is 16.3. The van der Waals surface area contributed by atoms with E-state index in [1.54, 1.807) is 0 Å². The molecule has 210 valence electrons. The predicted octanol–water partition coefficient (Wildman–Crippen LogP) is 11.6. The molecular weight excluding hydrogens is 536 g/mol. The summed E-state index contributed by atoms with van der Waals surface area (Å²) in [5.74, 6) is 0.432. The van der Waals surface area contributed by atoms with Gasteiger partial charge in [0.05, 0.1) is 0 Å². The van der Waals surface area contributed by atoms with Crippen LogP contribution in [0.25, 0.3) is 60.5 Å². The molecule has 0 aliphatic rings. The van der Waals surface area contributed by atoms with E-state index in [1.165, 1.54) is 43.4 Å². The quantitative estimate of drug-likeness (QED) is 0.211. The average molecular weight is 567 g/mol. The lowest BCUT2D eigenvalue weighted by Gasteiger charge is -2.25. The van der Waals surface area contributed by atoms with Gasteiger partial charge in [0.25, 0.3) is 0 Å². The second-order valence-electron chi connectivity index (χ2n) is 11.2. The Labute approximate surface area is 256 Å². The zero-order valence-corrected chi connectivity index (χ0v) is 24.4. The number of nitrogens with zero attached hydrogens (tertiary/aromatic N) is 1. The lowest BCUT2D eigenvalue weighted by molar-refractivity contribution is 0.636. The van der Waals surface area contributed by atoms with Crippen LogP contribution in [0.3, 0.4) is 0 Å². The molecule has 0 amide bonds. The smallest absolute Gasteiger partial charge is 0.198 e. The number of hydrogen-bond donors (Lipinski definition) is 1. The first kappa shape index (κ1) is 25.9. The second kappa shape index (κ2) is 10.5. The van der Waals surface area contributed by atoms with Gasteiger partial charge in [0.2, 0.25) is 0 Å². The van der Waals surface area contributed by atoms with Gasteiger partial charge in [-0.15, -0.1) is 0 Å². The molecule has 2 N–H and O–H groups in total. The van der Waals surface area contributed by atoms with Crippen molar-refractivity contribution in [1.29, 1.82) is 0 Å². The standard InChI is InChI=1S/C41H30N2O/c1-2-8-37-36-24-23-34(26-39(36)44-41(37)42)43(32-10-4-3-5-11-32)33-21-19-27(20-22-33)31-18-15-29-14-17-30-16-13-28-9-6-7-12-35(28)40(30)38(29)25-31/h2-26H,42H2,1H3/b8-2-. The number of benzene rings is 7. The van der Waals surface area contributed by atoms with Gasteiger partial charge in [0.15, 0.2) is 5.88 Å². The Morgan fingerprint density at radius 3 is 1.98 bits per heavy atom. The van der Waals surface area contributed by atoms with Gasteiger partial charge in [-0.05, 0) is 92.8 Å². The lowest BCUT2D eigenvalue weighted by atomic mass is 9.94. The molecule has 7 aromatic carbocycles. The summed E-state index contributed by atoms with van der Waals surface area (Å²) in [5.41, 5.74) is 13.4. The Hall–Kier alpha value is -5.80. The molecule has 3 nitrogen and oxygen atoms in total. The minimum Gasteiger partial charge on any atom is -0.440 e. The summed E-state index contributed by atoms with van der Waals surface area (Å²) in [7, 11) is 0. The monoisotopic (exact) mass is 566 g/mol. The van der Waals surface area contributed by atoms with Gasteiger partial charge in [0, 0.05) is 34.1 Å². The number of hydrogen-bond acceptors (Lipinski definition) is 3. The molecule has 0 aliphatic carbocycles. The lowest BCUT2D eigenvalue weighted by Crippen LogP contribution is -2.09. The number of rotatable bonds is 5. The van der Waals surface area contributed by atoms with Gasteiger partial charge in [-0.2, -0.15) is 0 Å². The largest absolute Gasteiger partial charge is 0.440 e. The zero-order chi connectivity index (χ0) is 29.6. The van der Waals surface area contributed by atoms with Crippen LogP contribution in [-0.2, 0) is 0 Å². The molecule has 44 heavy (non-hydrogen) atoms. The minimum absolute atomic E-state index is 0.432. The molecule has 8 aromatic rings. The highest BCUT2D eigenvalue weighted by Crippen LogP contribution is 2.40. The van der Waals surface area contributed by atoms with Crippen molar-refractivity contribution in [2.75, 3.05) is 10.6 Å². The van der Waals surface area contributed by atoms with Gasteiger partial charge in [-0.25, -0.2) is 0 Å². The summed E-state index contributed by atoms with van der Waals surface area (Å²) in [5, 5.41) is 8.64. The Morgan fingerprint density at radius 1 is 0.545 bits per heavy atom. The molecule has 0 saturated carbocycles. The SMILES string of the molecule is C/C=C\c1c(N)oc2cc(N(c3ccccc3)c3ccc(-c4ccc5ccc6ccc7ccccc7c6c5c4)cc3)ccc12. The first-order valence-corrected chi connectivity index (χ1v) is 14.9. The van der Waals surface area contributed by atoms with E-state index in [-0.39, 0.29) is 0 Å². The van der Waals surface area contributed by atoms with E-state index >= 15 is 0 Å². The minimum atomic E-state index is 0.432. The molecule has 0 aliphatic heterocycles. The van der Waals surface area contributed by atoms with Gasteiger partial charge >= 0.3 is 0 Å². The molecule has 0 unspecified atom stereocenters. The average Bonchev–Trinajstić information content (AvgIpc) is 3.39. The molecule has 0 radical (unpaired) electrons. The van der Waals surface area contributed by atoms with Gasteiger partial charge in [-0.1, -0.05) is 103 Å². The first-order valence-electron chi connectivity index (χ1n) is 14.9. The van der Waals surface area contributed by atoms with Crippen LogP contribution in [0.4, 0.5) is 22.9 Å². The third kappa shape index (κ3) is 4.29. The van der Waals surface area contributed by atoms with Crippen molar-refractivity contribution in [2.45, 2.75) is 6.92 Å². The maximum absolute atomic E-state index is 6.22. The fourth-order valence-corrected chi connectivity index (χ4v) is 6.43. The Balaban J connectivity index is 1.23. The summed E-state index contributed by atoms with van der Waals surface area (Å²) in [6.45, 7) is 1.98. The number of fused-ring (bicyclic) bond motifs is 6. The molecule has 3 heteroatoms. The van der Waals surface area contributed by atoms with E-state index < -0.39 is 0 Å². The van der Waals surface area contributed by atoms with Crippen molar-refractivity contribution < 1.29 is 4.42 Å². The van der Waals surface area contributed by atoms with Crippen molar-refractivity contribution in [3.05, 3.63) is 151 Å². The number of para-hydroxylation sites is 1. The van der Waals surface area contributed by atoms with Crippen LogP contribution in [0.5, 0.6) is 0 Å². The van der Waals surface area contributed by atoms with Gasteiger partial charge in [-0.3, -0.25) is 0 Å². The number of nitrogens with two attached hydrogens (primary N) is 1. The van der Waals surface area contributed by atoms with E-state index in [2.05, 4.69) is 138 Å². The fourth-order valence-electron chi connectivity index (χ4n) is 6.43. The van der Waals surface area contributed by atoms with E-state index in [0.717, 1.165) is 33.6 Å². The maximum atomic E-state index is 6.22. The number of anilines is 4. The van der Waals surface area contributed by atoms with E-state index in [1.807, 2.05) is 25.1 Å². The first-order chi connectivity index (χ1) is 21.7. The Morgan fingerprint density at radius 2 is 1.18 bits per heavy atom. The van der Waals surface area contributed by atoms with E-state index in [9.17, 15) is 0 Å². The van der Waals surface area contributed by atoms with Crippen molar-refractivity contribution in [1.82, 2.24) is 0 Å². The number of nitrogen functional groups attached to an aromatic ring is 1. The summed E-state index contributed by atoms with van der Waals surface area (Å²) >= 11 is 0. The second-order valence-corrected chi connectivity index (χ2v) is 11.2. The van der Waals surface area contributed by atoms with Crippen LogP contribution in [0, 0.1) is 0 Å². The van der Waals surface area contributed by atoms with Crippen molar-refractivity contribution >= 4 is 72.3 Å². The summed E-state index contributed by atoms with van der Waals surface area (Å²) in [4.78, 5) is 2.25. The summed E-state index contributed by atoms with van der Waals surface area (Å²) in [6, 6.07) is 49.8. The topological polar surface area (TPSA) is 42.4 Å². The van der Waals surface area contributed by atoms with Crippen molar-refractivity contribution in [3.8, 4) is 11.1 Å². The molecule has 0 bridgehead atoms. The van der Waals surface area contributed by atoms with E-state index in [4.69, 9.17) is 10.2 Å². The normalized spacial score (nSPS) is 11.8. The van der Waals surface area contributed by atoms with Gasteiger partial charge in [0.1, 0.15) is 5.58 Å². The van der Waals surface area contributed by atoms with Crippen LogP contribution in [0.15, 0.2) is 150 Å². The summed E-state index contributed by atoms with van der Waals surface area (Å²) < 4.78 is 5.98. The maximum Gasteiger partial charge on any atom is 0.198 e. The van der Waals surface area contributed by atoms with Crippen molar-refractivity contribution in [3.63, 3.8) is 0 Å². The molecule has 1 heterocycles. The van der Waals surface area contributed by atoms with E-state index in [0.29, 0.717) is 5.88 Å². The van der Waals surface area contributed by atoms with Crippen LogP contribution in [0.2, 0.25) is 0 Å². The van der Waals surface area contributed by atoms with Crippen LogP contribution < -0.4 is 10.6 Å². The highest BCUT2D eigenvalue weighted by molar-refractivity contribution is 6.20. The highest BCUT2D eigenvalue weighted by Gasteiger charge is 2.16. The Bertz CT molecular complexity index is 2340. The van der Waals surface area contributed by atoms with Gasteiger partial charge < -0.3 is 15.1 Å². The third-order valence-corrected chi connectivity index (χ3v) is 8.53. The molecular formula is C41H30N2O. The number of allylic oxidation sites excluding steroid dienone is 1. The third-order valence-electron chi connectivity index (χ3n) is 8.53. The van der Waals surface area contributed by atoms with Crippen LogP contribution in [-0.4, -0.2) is 0 Å². The molecule has 0 saturated heterocycles. The molecule has 0 atom stereocenters. The zero-order valence-electron chi connectivity index (χ0n) is 24.4. The van der Waals surface area contributed by atoms with Crippen molar-refractivity contribution in [2.24, 2.45) is 0 Å². The Kier molecular flexibility index (Phi) is 6.16. The molecule has 1 aromatic heterocycles. The van der Waals surface area contributed by atoms with Crippen LogP contribution >= 0.6 is 0 Å². The van der Waals surface area contributed by atoms with Crippen LogP contribution in [0.1, 0.15) is 12.5 Å². The molecule has 0 fully saturated rings. The summed E-state index contributed by atoms with van der Waals surface area (Å²) in [6.07, 6.45) is 3.97. The number of furan rings is 1.